The first-order valence-corrected chi connectivity index (χ1v) is 12.5. The van der Waals surface area contributed by atoms with E-state index in [2.05, 4.69) is 20.6 Å². The topological polar surface area (TPSA) is 81.4 Å². The lowest BCUT2D eigenvalue weighted by molar-refractivity contribution is -0.275. The molecule has 1 aliphatic rings. The molecule has 2 heterocycles. The summed E-state index contributed by atoms with van der Waals surface area (Å²) in [5, 5.41) is 9.83. The van der Waals surface area contributed by atoms with E-state index in [1.165, 1.54) is 31.2 Å². The number of amides is 1. The number of anilines is 1. The van der Waals surface area contributed by atoms with Gasteiger partial charge in [-0.15, -0.1) is 5.10 Å². The summed E-state index contributed by atoms with van der Waals surface area (Å²) >= 11 is 11.9. The predicted molar refractivity (Wildman–Crippen MR) is 136 cm³/mol. The highest BCUT2D eigenvalue weighted by molar-refractivity contribution is 6.34. The number of nitrogens with zero attached hydrogens (tertiary/aromatic N) is 4. The second kappa shape index (κ2) is 10.6. The molecule has 0 aliphatic carbocycles. The second-order valence-corrected chi connectivity index (χ2v) is 10.4. The maximum Gasteiger partial charge on any atom is 0.435 e. The van der Waals surface area contributed by atoms with Crippen molar-refractivity contribution < 1.29 is 36.0 Å². The third kappa shape index (κ3) is 6.04. The molecule has 0 spiro atoms. The number of oxime groups is 1. The summed E-state index contributed by atoms with van der Waals surface area (Å²) in [6.07, 6.45) is -10.1. The molecule has 1 aliphatic heterocycles. The Kier molecular flexibility index (Phi) is 7.85. The molecule has 3 aromatic rings. The number of aryl methyl sites for hydroxylation is 1. The fraction of sp³-hybridized carbons (Fsp3) is 0.360. The second-order valence-electron chi connectivity index (χ2n) is 9.49. The average Bonchev–Trinajstić information content (AvgIpc) is 3.42. The molecular formula is C25H21Cl2F6N5O2. The van der Waals surface area contributed by atoms with Crippen LogP contribution in [0.1, 0.15) is 59.1 Å². The minimum Gasteiger partial charge on any atom is -0.374 e. The van der Waals surface area contributed by atoms with E-state index in [1.54, 1.807) is 13.8 Å². The van der Waals surface area contributed by atoms with Crippen molar-refractivity contribution in [3.05, 3.63) is 74.5 Å². The molecule has 1 amide bonds. The minimum atomic E-state index is -4.88. The van der Waals surface area contributed by atoms with Crippen molar-refractivity contribution in [2.75, 3.05) is 5.32 Å². The summed E-state index contributed by atoms with van der Waals surface area (Å²) in [6.45, 7) is 3.43. The van der Waals surface area contributed by atoms with E-state index < -0.39 is 42.7 Å². The number of aromatic nitrogens is 3. The van der Waals surface area contributed by atoms with E-state index in [1.807, 2.05) is 0 Å². The average molecular weight is 608 g/mol. The van der Waals surface area contributed by atoms with Crippen LogP contribution in [0.2, 0.25) is 10.0 Å². The molecule has 0 saturated carbocycles. The van der Waals surface area contributed by atoms with Gasteiger partial charge in [0.25, 0.3) is 11.5 Å². The highest BCUT2D eigenvalue weighted by Crippen LogP contribution is 2.49. The third-order valence-corrected chi connectivity index (χ3v) is 6.53. The van der Waals surface area contributed by atoms with Gasteiger partial charge in [-0.2, -0.15) is 31.3 Å². The minimum absolute atomic E-state index is 0.00683. The van der Waals surface area contributed by atoms with Gasteiger partial charge in [0, 0.05) is 33.5 Å². The molecule has 1 aromatic heterocycles. The monoisotopic (exact) mass is 607 g/mol. The van der Waals surface area contributed by atoms with E-state index in [-0.39, 0.29) is 44.2 Å². The van der Waals surface area contributed by atoms with Gasteiger partial charge in [0.2, 0.25) is 5.95 Å². The van der Waals surface area contributed by atoms with Gasteiger partial charge in [0.1, 0.15) is 12.4 Å². The maximum absolute atomic E-state index is 14.3. The Morgan fingerprint density at radius 3 is 2.30 bits per heavy atom. The third-order valence-electron chi connectivity index (χ3n) is 6.09. The molecule has 0 fully saturated rings. The number of rotatable bonds is 6. The Labute approximate surface area is 234 Å². The van der Waals surface area contributed by atoms with Gasteiger partial charge in [-0.1, -0.05) is 48.3 Å². The molecular weight excluding hydrogens is 587 g/mol. The Hall–Kier alpha value is -3.32. The van der Waals surface area contributed by atoms with Gasteiger partial charge < -0.3 is 4.84 Å². The van der Waals surface area contributed by atoms with E-state index >= 15 is 0 Å². The summed E-state index contributed by atoms with van der Waals surface area (Å²) in [4.78, 5) is 21.9. The van der Waals surface area contributed by atoms with Crippen molar-refractivity contribution in [2.24, 2.45) is 5.16 Å². The van der Waals surface area contributed by atoms with Crippen molar-refractivity contribution >= 4 is 40.8 Å². The number of carbonyl (C=O) groups is 1. The predicted octanol–water partition coefficient (Wildman–Crippen LogP) is 7.41. The number of nitrogens with one attached hydrogen (secondary N) is 1. The lowest BCUT2D eigenvalue weighted by Gasteiger charge is -2.29. The molecule has 7 nitrogen and oxygen atoms in total. The lowest BCUT2D eigenvalue weighted by atomic mass is 9.86. The smallest absolute Gasteiger partial charge is 0.374 e. The van der Waals surface area contributed by atoms with Gasteiger partial charge in [-0.05, 0) is 48.4 Å². The van der Waals surface area contributed by atoms with E-state index in [4.69, 9.17) is 28.0 Å². The van der Waals surface area contributed by atoms with Crippen LogP contribution in [-0.2, 0) is 17.0 Å². The fourth-order valence-corrected chi connectivity index (χ4v) is 4.76. The van der Waals surface area contributed by atoms with Crippen LogP contribution in [0, 0.1) is 6.92 Å². The van der Waals surface area contributed by atoms with Crippen LogP contribution in [-0.4, -0.2) is 38.7 Å². The molecule has 1 atom stereocenters. The summed E-state index contributed by atoms with van der Waals surface area (Å²) in [5.41, 5.74) is -2.45. The van der Waals surface area contributed by atoms with Crippen molar-refractivity contribution in [2.45, 2.75) is 57.6 Å². The van der Waals surface area contributed by atoms with Gasteiger partial charge in [0.15, 0.2) is 0 Å². The van der Waals surface area contributed by atoms with Crippen molar-refractivity contribution in [1.82, 2.24) is 14.8 Å². The molecule has 40 heavy (non-hydrogen) atoms. The first kappa shape index (κ1) is 29.7. The van der Waals surface area contributed by atoms with Crippen LogP contribution in [0.4, 0.5) is 32.3 Å². The Bertz CT molecular complexity index is 1470. The van der Waals surface area contributed by atoms with Crippen molar-refractivity contribution in [1.29, 1.82) is 0 Å². The summed E-state index contributed by atoms with van der Waals surface area (Å²) in [5.74, 6) is -1.40. The highest BCUT2D eigenvalue weighted by atomic mass is 35.5. The highest BCUT2D eigenvalue weighted by Gasteiger charge is 2.62. The van der Waals surface area contributed by atoms with Crippen LogP contribution in [0.5, 0.6) is 0 Å². The van der Waals surface area contributed by atoms with Crippen LogP contribution in [0.25, 0.3) is 0 Å². The fourth-order valence-electron chi connectivity index (χ4n) is 4.23. The molecule has 2 aromatic carbocycles. The number of alkyl halides is 6. The van der Waals surface area contributed by atoms with Gasteiger partial charge in [-0.3, -0.25) is 10.1 Å². The Morgan fingerprint density at radius 2 is 1.75 bits per heavy atom. The standard InChI is InChI=1S/C25H21Cl2F6N5O2/c1-12(2)20-34-22(36-38(20)11-24(28,29)30)35-21(39)18-5-4-14(6-13(18)3)19-10-23(40-37-19,25(31,32)33)15-7-16(26)9-17(27)8-15/h4-9,12H,10-11H2,1-3H3,(H,35,36,39). The maximum atomic E-state index is 14.3. The number of hydrogen-bond donors (Lipinski definition) is 1. The van der Waals surface area contributed by atoms with Crippen molar-refractivity contribution in [3.8, 4) is 0 Å². The van der Waals surface area contributed by atoms with Crippen molar-refractivity contribution in [3.63, 3.8) is 0 Å². The molecule has 0 bridgehead atoms. The Morgan fingerprint density at radius 1 is 1.10 bits per heavy atom. The molecule has 4 rings (SSSR count). The first-order valence-electron chi connectivity index (χ1n) is 11.7. The summed E-state index contributed by atoms with van der Waals surface area (Å²) in [7, 11) is 0. The summed E-state index contributed by atoms with van der Waals surface area (Å²) in [6, 6.07) is 7.68. The zero-order chi connectivity index (χ0) is 29.6. The van der Waals surface area contributed by atoms with E-state index in [9.17, 15) is 31.1 Å². The zero-order valence-electron chi connectivity index (χ0n) is 21.1. The van der Waals surface area contributed by atoms with Crippen LogP contribution in [0.15, 0.2) is 41.6 Å². The number of halogens is 8. The molecule has 1 unspecified atom stereocenters. The number of benzene rings is 2. The molecule has 1 N–H and O–H groups in total. The first-order chi connectivity index (χ1) is 18.5. The van der Waals surface area contributed by atoms with Gasteiger partial charge in [-0.25, -0.2) is 4.68 Å². The largest absolute Gasteiger partial charge is 0.435 e. The van der Waals surface area contributed by atoms with Crippen LogP contribution in [0.3, 0.4) is 0 Å². The lowest BCUT2D eigenvalue weighted by Crippen LogP contribution is -2.42. The molecule has 0 saturated heterocycles. The normalized spacial score (nSPS) is 17.6. The van der Waals surface area contributed by atoms with E-state index in [0.29, 0.717) is 10.2 Å². The van der Waals surface area contributed by atoms with Crippen LogP contribution >= 0.6 is 23.2 Å². The SMILES string of the molecule is Cc1cc(C2=NOC(c3cc(Cl)cc(Cl)c3)(C(F)(F)F)C2)ccc1C(=O)Nc1nc(C(C)C)n(CC(F)(F)F)n1. The number of carbonyl (C=O) groups excluding carboxylic acids is 1. The van der Waals surface area contributed by atoms with E-state index in [0.717, 1.165) is 12.1 Å². The number of hydrogen-bond acceptors (Lipinski definition) is 5. The van der Waals surface area contributed by atoms with Gasteiger partial charge >= 0.3 is 12.4 Å². The molecule has 0 radical (unpaired) electrons. The Balaban J connectivity index is 1.57. The summed E-state index contributed by atoms with van der Waals surface area (Å²) < 4.78 is 82.2. The van der Waals surface area contributed by atoms with Crippen LogP contribution < -0.4 is 5.32 Å². The molecule has 214 valence electrons. The zero-order valence-corrected chi connectivity index (χ0v) is 22.6. The quantitative estimate of drug-likeness (QED) is 0.296. The molecule has 15 heteroatoms. The van der Waals surface area contributed by atoms with Gasteiger partial charge in [0.05, 0.1) is 5.71 Å².